The van der Waals surface area contributed by atoms with Crippen LogP contribution in [0, 0.1) is 5.82 Å². The van der Waals surface area contributed by atoms with Gasteiger partial charge in [-0.05, 0) is 13.0 Å². The number of hydrogen-bond donors (Lipinski definition) is 1. The minimum Gasteiger partial charge on any atom is -0.491 e. The molecule has 0 radical (unpaired) electrons. The first-order valence-electron chi connectivity index (χ1n) is 10.3. The predicted molar refractivity (Wildman–Crippen MR) is 120 cm³/mol. The van der Waals surface area contributed by atoms with Gasteiger partial charge in [0.05, 0.1) is 56.0 Å². The molecule has 4 aromatic heterocycles. The molecule has 5 rings (SSSR count). The van der Waals surface area contributed by atoms with E-state index in [2.05, 4.69) is 26.4 Å². The lowest BCUT2D eigenvalue weighted by Gasteiger charge is -2.33. The molecule has 10 heteroatoms. The molecule has 1 atom stereocenters. The molecule has 168 valence electrons. The Balaban J connectivity index is 1.72. The Kier molecular flexibility index (Phi) is 5.40. The molecule has 1 saturated heterocycles. The van der Waals surface area contributed by atoms with E-state index in [1.807, 2.05) is 12.3 Å². The Bertz CT molecular complexity index is 1300. The smallest absolute Gasteiger partial charge is 0.257 e. The van der Waals surface area contributed by atoms with Crippen molar-refractivity contribution in [1.29, 1.82) is 0 Å². The van der Waals surface area contributed by atoms with Crippen LogP contribution in [0.4, 0.5) is 4.39 Å². The van der Waals surface area contributed by atoms with Gasteiger partial charge in [0.25, 0.3) is 5.88 Å². The maximum Gasteiger partial charge on any atom is 0.257 e. The molecule has 1 N–H and O–H groups in total. The fraction of sp³-hybridized carbons (Fsp3) is 0.364. The third-order valence-electron chi connectivity index (χ3n) is 5.97. The third-order valence-corrected chi connectivity index (χ3v) is 6.35. The van der Waals surface area contributed by atoms with Crippen molar-refractivity contribution < 1.29 is 18.6 Å². The van der Waals surface area contributed by atoms with Crippen LogP contribution in [-0.4, -0.2) is 64.9 Å². The van der Waals surface area contributed by atoms with Crippen LogP contribution in [0.2, 0.25) is 5.02 Å². The van der Waals surface area contributed by atoms with Gasteiger partial charge in [0.1, 0.15) is 11.2 Å². The molecule has 8 nitrogen and oxygen atoms in total. The SMILES string of the molecule is COc1cc2c(nc1OC)c(-c1cc3c(Cl)c(F)cnc3[nH]1)cn2C(C)N1CCOCC1. The highest BCUT2D eigenvalue weighted by Gasteiger charge is 2.24. The summed E-state index contributed by atoms with van der Waals surface area (Å²) in [6, 6.07) is 3.72. The first-order chi connectivity index (χ1) is 15.5. The van der Waals surface area contributed by atoms with Crippen LogP contribution in [0.25, 0.3) is 33.3 Å². The monoisotopic (exact) mass is 459 g/mol. The fourth-order valence-corrected chi connectivity index (χ4v) is 4.42. The van der Waals surface area contributed by atoms with Crippen LogP contribution >= 0.6 is 11.6 Å². The van der Waals surface area contributed by atoms with Gasteiger partial charge >= 0.3 is 0 Å². The number of halogens is 2. The van der Waals surface area contributed by atoms with E-state index in [4.69, 9.17) is 30.8 Å². The quantitative estimate of drug-likeness (QED) is 0.481. The largest absolute Gasteiger partial charge is 0.491 e. The molecular formula is C22H23ClFN5O3. The number of H-pyrrole nitrogens is 1. The first-order valence-corrected chi connectivity index (χ1v) is 10.7. The van der Waals surface area contributed by atoms with E-state index >= 15 is 0 Å². The summed E-state index contributed by atoms with van der Waals surface area (Å²) in [5.41, 5.74) is 3.69. The lowest BCUT2D eigenvalue weighted by Crippen LogP contribution is -2.40. The van der Waals surface area contributed by atoms with Gasteiger partial charge < -0.3 is 23.8 Å². The molecule has 0 bridgehead atoms. The van der Waals surface area contributed by atoms with E-state index in [1.54, 1.807) is 20.3 Å². The summed E-state index contributed by atoms with van der Waals surface area (Å²) in [5, 5.41) is 0.555. The highest BCUT2D eigenvalue weighted by atomic mass is 35.5. The van der Waals surface area contributed by atoms with Crippen molar-refractivity contribution in [3.05, 3.63) is 35.4 Å². The lowest BCUT2D eigenvalue weighted by atomic mass is 10.2. The maximum atomic E-state index is 13.9. The molecule has 1 unspecified atom stereocenters. The van der Waals surface area contributed by atoms with Crippen molar-refractivity contribution in [1.82, 2.24) is 24.4 Å². The summed E-state index contributed by atoms with van der Waals surface area (Å²) in [4.78, 5) is 14.5. The summed E-state index contributed by atoms with van der Waals surface area (Å²) < 4.78 is 32.6. The van der Waals surface area contributed by atoms with Crippen LogP contribution in [-0.2, 0) is 4.74 Å². The first kappa shape index (κ1) is 21.0. The number of pyridine rings is 2. The highest BCUT2D eigenvalue weighted by molar-refractivity contribution is 6.35. The number of nitrogens with zero attached hydrogens (tertiary/aromatic N) is 4. The number of nitrogens with one attached hydrogen (secondary N) is 1. The molecule has 1 aliphatic rings. The summed E-state index contributed by atoms with van der Waals surface area (Å²) in [6.45, 7) is 5.21. The van der Waals surface area contributed by atoms with Crippen molar-refractivity contribution in [2.75, 3.05) is 40.5 Å². The van der Waals surface area contributed by atoms with Gasteiger partial charge in [-0.25, -0.2) is 14.4 Å². The van der Waals surface area contributed by atoms with E-state index in [-0.39, 0.29) is 11.2 Å². The maximum absolute atomic E-state index is 13.9. The van der Waals surface area contributed by atoms with Gasteiger partial charge in [-0.3, -0.25) is 4.90 Å². The molecule has 32 heavy (non-hydrogen) atoms. The second kappa shape index (κ2) is 8.23. The van der Waals surface area contributed by atoms with Gasteiger partial charge in [-0.15, -0.1) is 0 Å². The average molecular weight is 460 g/mol. The Labute approximate surface area is 188 Å². The molecule has 0 aromatic carbocycles. The van der Waals surface area contributed by atoms with E-state index in [9.17, 15) is 4.39 Å². The summed E-state index contributed by atoms with van der Waals surface area (Å²) >= 11 is 6.18. The number of fused-ring (bicyclic) bond motifs is 2. The topological polar surface area (TPSA) is 77.4 Å². The Morgan fingerprint density at radius 2 is 2.00 bits per heavy atom. The molecule has 0 spiro atoms. The Morgan fingerprint density at radius 3 is 2.72 bits per heavy atom. The van der Waals surface area contributed by atoms with Crippen molar-refractivity contribution in [2.45, 2.75) is 13.1 Å². The Morgan fingerprint density at radius 1 is 1.22 bits per heavy atom. The summed E-state index contributed by atoms with van der Waals surface area (Å²) in [5.74, 6) is 0.373. The molecule has 4 aromatic rings. The highest BCUT2D eigenvalue weighted by Crippen LogP contribution is 2.39. The number of morpholine rings is 1. The van der Waals surface area contributed by atoms with Crippen LogP contribution in [0.5, 0.6) is 11.6 Å². The normalized spacial score (nSPS) is 16.0. The van der Waals surface area contributed by atoms with E-state index < -0.39 is 5.82 Å². The average Bonchev–Trinajstić information content (AvgIpc) is 3.42. The lowest BCUT2D eigenvalue weighted by molar-refractivity contribution is 0.00479. The summed E-state index contributed by atoms with van der Waals surface area (Å²) in [7, 11) is 3.14. The van der Waals surface area contributed by atoms with Crippen LogP contribution in [0.3, 0.4) is 0 Å². The number of aromatic nitrogens is 4. The van der Waals surface area contributed by atoms with Gasteiger partial charge in [-0.2, -0.15) is 0 Å². The molecular weight excluding hydrogens is 437 g/mol. The number of aromatic amines is 1. The van der Waals surface area contributed by atoms with E-state index in [0.717, 1.165) is 41.6 Å². The van der Waals surface area contributed by atoms with Crippen molar-refractivity contribution in [3.8, 4) is 22.9 Å². The fourth-order valence-electron chi connectivity index (χ4n) is 4.22. The van der Waals surface area contributed by atoms with Gasteiger partial charge in [0.15, 0.2) is 11.6 Å². The second-order valence-electron chi connectivity index (χ2n) is 7.66. The minimum atomic E-state index is -0.558. The van der Waals surface area contributed by atoms with E-state index in [0.29, 0.717) is 35.9 Å². The van der Waals surface area contributed by atoms with Crippen molar-refractivity contribution >= 4 is 33.7 Å². The number of ether oxygens (including phenoxy) is 3. The second-order valence-corrected chi connectivity index (χ2v) is 8.04. The molecule has 1 aliphatic heterocycles. The van der Waals surface area contributed by atoms with Crippen LogP contribution in [0.1, 0.15) is 13.1 Å². The predicted octanol–water partition coefficient (Wildman–Crippen LogP) is 4.24. The zero-order valence-electron chi connectivity index (χ0n) is 18.0. The minimum absolute atomic E-state index is 0.0372. The molecule has 0 saturated carbocycles. The van der Waals surface area contributed by atoms with Gasteiger partial charge in [-0.1, -0.05) is 11.6 Å². The summed E-state index contributed by atoms with van der Waals surface area (Å²) in [6.07, 6.45) is 3.20. The zero-order valence-corrected chi connectivity index (χ0v) is 18.7. The number of hydrogen-bond acceptors (Lipinski definition) is 6. The zero-order chi connectivity index (χ0) is 22.4. The van der Waals surface area contributed by atoms with Crippen LogP contribution in [0.15, 0.2) is 24.5 Å². The van der Waals surface area contributed by atoms with Crippen molar-refractivity contribution in [2.24, 2.45) is 0 Å². The number of methoxy groups -OCH3 is 2. The van der Waals surface area contributed by atoms with Crippen LogP contribution < -0.4 is 9.47 Å². The standard InChI is InChI=1S/C22H23ClFN5O3/c1-12(28-4-6-32-7-5-28)29-11-14(20-17(29)9-18(30-2)22(27-20)31-3)16-8-13-19(23)15(24)10-25-21(13)26-16/h8-12H,4-7H2,1-3H3,(H,25,26). The van der Waals surface area contributed by atoms with Crippen molar-refractivity contribution in [3.63, 3.8) is 0 Å². The van der Waals surface area contributed by atoms with Gasteiger partial charge in [0, 0.05) is 36.3 Å². The van der Waals surface area contributed by atoms with E-state index in [1.165, 1.54) is 0 Å². The third kappa shape index (κ3) is 3.37. The van der Waals surface area contributed by atoms with Gasteiger partial charge in [0.2, 0.25) is 0 Å². The Hall–Kier alpha value is -2.88. The molecule has 5 heterocycles. The molecule has 1 fully saturated rings. The molecule has 0 aliphatic carbocycles. The number of rotatable bonds is 5. The molecule has 0 amide bonds.